The van der Waals surface area contributed by atoms with Gasteiger partial charge in [0.05, 0.1) is 26.2 Å². The fraction of sp³-hybridized carbons (Fsp3) is 0.818. The monoisotopic (exact) mass is 467 g/mol. The van der Waals surface area contributed by atoms with E-state index < -0.39 is 7.81 Å². The SMILES string of the molecule is C=CC[N+](CC=C)(CCCC)CCCCCCCCCCCC.F[P-](F)(F)(F)(F)F. The normalized spacial score (nSPS) is 14.3. The number of unbranched alkanes of at least 4 members (excludes halogenated alkanes) is 10. The van der Waals surface area contributed by atoms with Gasteiger partial charge in [-0.1, -0.05) is 84.8 Å². The molecular weight excluding hydrogens is 423 g/mol. The van der Waals surface area contributed by atoms with Crippen LogP contribution in [0.2, 0.25) is 0 Å². The quantitative estimate of drug-likeness (QED) is 0.0618. The van der Waals surface area contributed by atoms with E-state index in [4.69, 9.17) is 0 Å². The maximum atomic E-state index is 9.87. The molecule has 0 rings (SSSR count). The van der Waals surface area contributed by atoms with Gasteiger partial charge in [-0.2, -0.15) is 0 Å². The van der Waals surface area contributed by atoms with Crippen LogP contribution in [0.15, 0.2) is 25.3 Å². The summed E-state index contributed by atoms with van der Waals surface area (Å²) in [5.41, 5.74) is 0. The predicted molar refractivity (Wildman–Crippen MR) is 120 cm³/mol. The zero-order valence-electron chi connectivity index (χ0n) is 19.0. The maximum absolute atomic E-state index is 10.7. The van der Waals surface area contributed by atoms with Gasteiger partial charge in [0.2, 0.25) is 0 Å². The average molecular weight is 468 g/mol. The summed E-state index contributed by atoms with van der Waals surface area (Å²) in [6.07, 6.45) is 21.0. The van der Waals surface area contributed by atoms with Crippen LogP contribution in [0.5, 0.6) is 0 Å². The Labute approximate surface area is 180 Å². The van der Waals surface area contributed by atoms with E-state index in [0.29, 0.717) is 0 Å². The summed E-state index contributed by atoms with van der Waals surface area (Å²) in [6.45, 7) is 17.3. The van der Waals surface area contributed by atoms with Gasteiger partial charge >= 0.3 is 33.0 Å². The fourth-order valence-electron chi connectivity index (χ4n) is 3.53. The Balaban J connectivity index is 0. The molecule has 0 heterocycles. The molecule has 0 aromatic rings. The Morgan fingerprint density at radius 3 is 1.20 bits per heavy atom. The van der Waals surface area contributed by atoms with E-state index in [1.165, 1.54) is 94.6 Å². The molecule has 0 aliphatic heterocycles. The summed E-state index contributed by atoms with van der Waals surface area (Å²) >= 11 is 0. The van der Waals surface area contributed by atoms with E-state index in [9.17, 15) is 25.2 Å². The topological polar surface area (TPSA) is 0 Å². The minimum absolute atomic E-state index is 1.10. The van der Waals surface area contributed by atoms with Crippen LogP contribution in [0.3, 0.4) is 0 Å². The van der Waals surface area contributed by atoms with E-state index in [1.807, 2.05) is 0 Å². The molecule has 0 aromatic carbocycles. The molecule has 0 amide bonds. The molecule has 30 heavy (non-hydrogen) atoms. The van der Waals surface area contributed by atoms with E-state index >= 15 is 0 Å². The number of hydrogen-bond acceptors (Lipinski definition) is 0. The molecule has 0 unspecified atom stereocenters. The van der Waals surface area contributed by atoms with Crippen molar-refractivity contribution in [3.05, 3.63) is 25.3 Å². The molecule has 0 spiro atoms. The van der Waals surface area contributed by atoms with Crippen LogP contribution in [0.1, 0.15) is 90.9 Å². The molecule has 0 radical (unpaired) electrons. The van der Waals surface area contributed by atoms with Crippen molar-refractivity contribution in [2.24, 2.45) is 0 Å². The van der Waals surface area contributed by atoms with Crippen LogP contribution in [0, 0.1) is 0 Å². The first-order chi connectivity index (χ1) is 13.7. The van der Waals surface area contributed by atoms with Gasteiger partial charge in [-0.05, 0) is 31.4 Å². The molecule has 1 nitrogen and oxygen atoms in total. The fourth-order valence-corrected chi connectivity index (χ4v) is 3.53. The first-order valence-electron chi connectivity index (χ1n) is 11.3. The average Bonchev–Trinajstić information content (AvgIpc) is 2.59. The molecule has 8 heteroatoms. The van der Waals surface area contributed by atoms with Gasteiger partial charge in [0.25, 0.3) is 0 Å². The molecular formula is C22H44F6NP. The van der Waals surface area contributed by atoms with Gasteiger partial charge in [0.15, 0.2) is 0 Å². The van der Waals surface area contributed by atoms with Crippen molar-refractivity contribution >= 4 is 7.81 Å². The summed E-state index contributed by atoms with van der Waals surface area (Å²) in [4.78, 5) is 0. The molecule has 0 saturated carbocycles. The van der Waals surface area contributed by atoms with Crippen molar-refractivity contribution in [3.63, 3.8) is 0 Å². The molecule has 0 fully saturated rings. The third-order valence-corrected chi connectivity index (χ3v) is 5.00. The van der Waals surface area contributed by atoms with Crippen LogP contribution in [0.4, 0.5) is 25.2 Å². The van der Waals surface area contributed by atoms with Crippen molar-refractivity contribution in [3.8, 4) is 0 Å². The van der Waals surface area contributed by atoms with Crippen molar-refractivity contribution in [1.82, 2.24) is 0 Å². The molecule has 0 atom stereocenters. The molecule has 0 aliphatic carbocycles. The Bertz CT molecular complexity index is 426. The molecule has 0 saturated heterocycles. The number of hydrogen-bond donors (Lipinski definition) is 0. The van der Waals surface area contributed by atoms with Crippen LogP contribution < -0.4 is 0 Å². The molecule has 184 valence electrons. The number of halogens is 6. The van der Waals surface area contributed by atoms with E-state index in [-0.39, 0.29) is 0 Å². The Morgan fingerprint density at radius 2 is 0.867 bits per heavy atom. The number of rotatable bonds is 18. The second kappa shape index (κ2) is 14.5. The van der Waals surface area contributed by atoms with Gasteiger partial charge in [0, 0.05) is 0 Å². The third-order valence-electron chi connectivity index (χ3n) is 5.00. The molecule has 0 N–H and O–H groups in total. The van der Waals surface area contributed by atoms with E-state index in [0.717, 1.165) is 13.1 Å². The predicted octanol–water partition coefficient (Wildman–Crippen LogP) is 10.3. The van der Waals surface area contributed by atoms with Crippen molar-refractivity contribution < 1.29 is 29.7 Å². The van der Waals surface area contributed by atoms with Gasteiger partial charge < -0.3 is 4.48 Å². The van der Waals surface area contributed by atoms with Gasteiger partial charge in [-0.25, -0.2) is 0 Å². The summed E-state index contributed by atoms with van der Waals surface area (Å²) < 4.78 is 60.4. The first-order valence-corrected chi connectivity index (χ1v) is 13.4. The second-order valence-corrected chi connectivity index (χ2v) is 10.1. The third kappa shape index (κ3) is 29.6. The zero-order chi connectivity index (χ0) is 23.6. The summed E-state index contributed by atoms with van der Waals surface area (Å²) in [7, 11) is -10.7. The Kier molecular flexibility index (Phi) is 15.3. The second-order valence-electron chi connectivity index (χ2n) is 8.23. The molecule has 0 bridgehead atoms. The van der Waals surface area contributed by atoms with Crippen molar-refractivity contribution in [2.45, 2.75) is 90.9 Å². The van der Waals surface area contributed by atoms with Crippen LogP contribution in [-0.4, -0.2) is 30.7 Å². The minimum atomic E-state index is -10.7. The molecule has 0 aliphatic rings. The number of quaternary nitrogens is 1. The summed E-state index contributed by atoms with van der Waals surface area (Å²) in [5, 5.41) is 0. The summed E-state index contributed by atoms with van der Waals surface area (Å²) in [6, 6.07) is 0. The van der Waals surface area contributed by atoms with Crippen molar-refractivity contribution in [1.29, 1.82) is 0 Å². The van der Waals surface area contributed by atoms with E-state index in [2.05, 4.69) is 39.2 Å². The van der Waals surface area contributed by atoms with Gasteiger partial charge in [0.1, 0.15) is 0 Å². The Hall–Kier alpha value is -0.550. The standard InChI is InChI=1S/C22H44N.F6P/c1-5-9-11-12-13-14-15-16-17-18-22-23(19-7-3,20-8-4)21-10-6-2;1-7(2,3,4,5)6/h7-8H,3-6,9-22H2,1-2H3;/q+1;-1. The molecule has 0 aromatic heterocycles. The van der Waals surface area contributed by atoms with Crippen LogP contribution >= 0.6 is 7.81 Å². The summed E-state index contributed by atoms with van der Waals surface area (Å²) in [5.74, 6) is 0. The van der Waals surface area contributed by atoms with Crippen LogP contribution in [-0.2, 0) is 0 Å². The van der Waals surface area contributed by atoms with Crippen LogP contribution in [0.25, 0.3) is 0 Å². The van der Waals surface area contributed by atoms with Gasteiger partial charge in [-0.3, -0.25) is 0 Å². The van der Waals surface area contributed by atoms with Crippen molar-refractivity contribution in [2.75, 3.05) is 26.2 Å². The number of nitrogens with zero attached hydrogens (tertiary/aromatic N) is 1. The zero-order valence-corrected chi connectivity index (χ0v) is 19.9. The van der Waals surface area contributed by atoms with E-state index in [1.54, 1.807) is 0 Å². The first kappa shape index (κ1) is 31.6. The Morgan fingerprint density at radius 1 is 0.567 bits per heavy atom. The van der Waals surface area contributed by atoms with Gasteiger partial charge in [-0.15, -0.1) is 0 Å².